The van der Waals surface area contributed by atoms with Crippen molar-refractivity contribution in [2.45, 2.75) is 83.1 Å². The summed E-state index contributed by atoms with van der Waals surface area (Å²) in [4.78, 5) is 0. The van der Waals surface area contributed by atoms with Crippen LogP contribution in [-0.2, 0) is 0 Å². The zero-order valence-corrected chi connectivity index (χ0v) is 12.5. The van der Waals surface area contributed by atoms with E-state index in [0.717, 1.165) is 29.2 Å². The van der Waals surface area contributed by atoms with Crippen molar-refractivity contribution < 1.29 is 0 Å². The number of fused-ring (bicyclic) bond motifs is 1. The lowest BCUT2D eigenvalue weighted by atomic mass is 9.58. The van der Waals surface area contributed by atoms with Gasteiger partial charge in [0.25, 0.3) is 0 Å². The van der Waals surface area contributed by atoms with Gasteiger partial charge in [0.1, 0.15) is 0 Å². The molecule has 0 aliphatic heterocycles. The molecule has 0 spiro atoms. The molecule has 0 amide bonds. The number of rotatable bonds is 3. The minimum absolute atomic E-state index is 0.727. The van der Waals surface area contributed by atoms with Gasteiger partial charge in [0.05, 0.1) is 0 Å². The average molecular weight is 261 g/mol. The van der Waals surface area contributed by atoms with E-state index in [1.54, 1.807) is 44.9 Å². The zero-order valence-electron chi connectivity index (χ0n) is 12.5. The summed E-state index contributed by atoms with van der Waals surface area (Å²) in [5.74, 6) is 3.30. The lowest BCUT2D eigenvalue weighted by Crippen LogP contribution is -2.47. The molecular formula is C18H31N. The predicted octanol–water partition coefficient (Wildman–Crippen LogP) is 4.52. The van der Waals surface area contributed by atoms with Gasteiger partial charge in [-0.2, -0.15) is 0 Å². The minimum atomic E-state index is 0.727. The molecule has 2 unspecified atom stereocenters. The highest BCUT2D eigenvalue weighted by Gasteiger charge is 2.48. The van der Waals surface area contributed by atoms with Crippen molar-refractivity contribution in [1.29, 1.82) is 0 Å². The van der Waals surface area contributed by atoms with E-state index < -0.39 is 0 Å². The Labute approximate surface area is 118 Å². The standard InChI is InChI=1S/C18H31N/c1-2-4-17(5-3-1)19-13-18-10-14-6-7-15(11-18)9-16(8-14)12-18/h14-17,19H,1-13H2/t14-,15+,16?,18?. The molecule has 0 heterocycles. The summed E-state index contributed by atoms with van der Waals surface area (Å²) in [5, 5.41) is 4.01. The second-order valence-corrected chi connectivity index (χ2v) is 8.48. The quantitative estimate of drug-likeness (QED) is 0.788. The smallest absolute Gasteiger partial charge is 0.00672 e. The van der Waals surface area contributed by atoms with Crippen LogP contribution in [0.2, 0.25) is 0 Å². The van der Waals surface area contributed by atoms with Crippen molar-refractivity contribution in [2.24, 2.45) is 23.2 Å². The fourth-order valence-electron chi connectivity index (χ4n) is 6.25. The molecule has 0 saturated heterocycles. The first-order valence-electron chi connectivity index (χ1n) is 9.05. The Bertz CT molecular complexity index is 302. The van der Waals surface area contributed by atoms with Crippen molar-refractivity contribution in [3.05, 3.63) is 0 Å². The Morgan fingerprint density at radius 3 is 2.05 bits per heavy atom. The molecule has 5 fully saturated rings. The number of hydrogen-bond acceptors (Lipinski definition) is 1. The van der Waals surface area contributed by atoms with E-state index in [9.17, 15) is 0 Å². The molecule has 4 atom stereocenters. The van der Waals surface area contributed by atoms with Gasteiger partial charge in [-0.25, -0.2) is 0 Å². The number of hydrogen-bond donors (Lipinski definition) is 1. The molecule has 5 saturated carbocycles. The molecule has 108 valence electrons. The lowest BCUT2D eigenvalue weighted by Gasteiger charge is -2.49. The summed E-state index contributed by atoms with van der Waals surface area (Å²) in [6.07, 6.45) is 18.3. The second-order valence-electron chi connectivity index (χ2n) is 8.48. The van der Waals surface area contributed by atoms with Crippen LogP contribution < -0.4 is 5.32 Å². The molecule has 4 bridgehead atoms. The van der Waals surface area contributed by atoms with Crippen LogP contribution in [-0.4, -0.2) is 12.6 Å². The molecule has 5 aliphatic carbocycles. The maximum Gasteiger partial charge on any atom is 0.00672 e. The third kappa shape index (κ3) is 2.60. The molecule has 19 heavy (non-hydrogen) atoms. The van der Waals surface area contributed by atoms with Crippen LogP contribution in [0.4, 0.5) is 0 Å². The monoisotopic (exact) mass is 261 g/mol. The fraction of sp³-hybridized carbons (Fsp3) is 1.00. The maximum absolute atomic E-state index is 4.01. The Morgan fingerprint density at radius 1 is 0.737 bits per heavy atom. The summed E-state index contributed by atoms with van der Waals surface area (Å²) in [6, 6.07) is 0.864. The summed E-state index contributed by atoms with van der Waals surface area (Å²) in [7, 11) is 0. The van der Waals surface area contributed by atoms with Gasteiger partial charge in [-0.15, -0.1) is 0 Å². The third-order valence-electron chi connectivity index (χ3n) is 6.85. The predicted molar refractivity (Wildman–Crippen MR) is 80.1 cm³/mol. The van der Waals surface area contributed by atoms with E-state index in [2.05, 4.69) is 5.32 Å². The minimum Gasteiger partial charge on any atom is -0.313 e. The Kier molecular flexibility index (Phi) is 3.38. The molecule has 5 rings (SSSR count). The molecule has 0 aromatic carbocycles. The molecular weight excluding hydrogens is 230 g/mol. The highest BCUT2D eigenvalue weighted by Crippen LogP contribution is 2.57. The summed E-state index contributed by atoms with van der Waals surface area (Å²) < 4.78 is 0. The van der Waals surface area contributed by atoms with Gasteiger partial charge in [-0.1, -0.05) is 32.1 Å². The first-order chi connectivity index (χ1) is 9.31. The molecule has 0 aromatic rings. The third-order valence-corrected chi connectivity index (χ3v) is 6.85. The van der Waals surface area contributed by atoms with Gasteiger partial charge < -0.3 is 5.32 Å². The Hall–Kier alpha value is -0.0400. The van der Waals surface area contributed by atoms with E-state index in [4.69, 9.17) is 0 Å². The maximum atomic E-state index is 4.01. The van der Waals surface area contributed by atoms with Gasteiger partial charge >= 0.3 is 0 Å². The largest absolute Gasteiger partial charge is 0.313 e. The van der Waals surface area contributed by atoms with Crippen molar-refractivity contribution >= 4 is 0 Å². The fourth-order valence-corrected chi connectivity index (χ4v) is 6.25. The van der Waals surface area contributed by atoms with E-state index in [-0.39, 0.29) is 0 Å². The van der Waals surface area contributed by atoms with E-state index >= 15 is 0 Å². The molecule has 0 radical (unpaired) electrons. The van der Waals surface area contributed by atoms with Gasteiger partial charge in [0, 0.05) is 12.6 Å². The van der Waals surface area contributed by atoms with Gasteiger partial charge in [-0.3, -0.25) is 0 Å². The van der Waals surface area contributed by atoms with E-state index in [1.807, 2.05) is 0 Å². The summed E-state index contributed by atoms with van der Waals surface area (Å²) in [6.45, 7) is 1.36. The average Bonchev–Trinajstić information content (AvgIpc) is 2.64. The van der Waals surface area contributed by atoms with Gasteiger partial charge in [-0.05, 0) is 68.1 Å². The van der Waals surface area contributed by atoms with E-state index in [0.29, 0.717) is 0 Å². The topological polar surface area (TPSA) is 12.0 Å². The van der Waals surface area contributed by atoms with Crippen LogP contribution in [0.15, 0.2) is 0 Å². The number of nitrogens with one attached hydrogen (secondary N) is 1. The van der Waals surface area contributed by atoms with Crippen LogP contribution in [0.5, 0.6) is 0 Å². The summed E-state index contributed by atoms with van der Waals surface area (Å²) >= 11 is 0. The zero-order chi connectivity index (χ0) is 12.7. The van der Waals surface area contributed by atoms with Crippen LogP contribution in [0, 0.1) is 23.2 Å². The van der Waals surface area contributed by atoms with Crippen molar-refractivity contribution in [2.75, 3.05) is 6.54 Å². The normalized spacial score (nSPS) is 46.4. The second kappa shape index (κ2) is 5.06. The molecule has 0 aromatic heterocycles. The van der Waals surface area contributed by atoms with Crippen molar-refractivity contribution in [1.82, 2.24) is 5.32 Å². The molecule has 1 heteroatoms. The Balaban J connectivity index is 1.41. The first-order valence-corrected chi connectivity index (χ1v) is 9.05. The Morgan fingerprint density at radius 2 is 1.37 bits per heavy atom. The molecule has 5 aliphatic rings. The van der Waals surface area contributed by atoms with E-state index in [1.165, 1.54) is 38.6 Å². The highest BCUT2D eigenvalue weighted by molar-refractivity contribution is 5.00. The highest BCUT2D eigenvalue weighted by atomic mass is 14.9. The first kappa shape index (κ1) is 12.7. The van der Waals surface area contributed by atoms with Crippen LogP contribution in [0.3, 0.4) is 0 Å². The van der Waals surface area contributed by atoms with Gasteiger partial charge in [0.2, 0.25) is 0 Å². The summed E-state index contributed by atoms with van der Waals surface area (Å²) in [5.41, 5.74) is 0.727. The molecule has 1 nitrogen and oxygen atoms in total. The van der Waals surface area contributed by atoms with Crippen molar-refractivity contribution in [3.8, 4) is 0 Å². The SMILES string of the molecule is C1CCC(NCC23CC4C[C@@H](CC[C@@H](C4)C2)C3)CC1. The van der Waals surface area contributed by atoms with Crippen LogP contribution in [0.25, 0.3) is 0 Å². The molecule has 1 N–H and O–H groups in total. The van der Waals surface area contributed by atoms with Crippen LogP contribution >= 0.6 is 0 Å². The van der Waals surface area contributed by atoms with Crippen LogP contribution in [0.1, 0.15) is 77.0 Å². The lowest BCUT2D eigenvalue weighted by molar-refractivity contribution is 0.0316. The van der Waals surface area contributed by atoms with Crippen molar-refractivity contribution in [3.63, 3.8) is 0 Å². The van der Waals surface area contributed by atoms with Gasteiger partial charge in [0.15, 0.2) is 0 Å².